The number of carbonyl (C=O) groups is 1. The van der Waals surface area contributed by atoms with Crippen LogP contribution in [0.4, 0.5) is 0 Å². The quantitative estimate of drug-likeness (QED) is 0.346. The van der Waals surface area contributed by atoms with Gasteiger partial charge in [0, 0.05) is 0 Å². The van der Waals surface area contributed by atoms with E-state index in [4.69, 9.17) is 25.4 Å². The lowest BCUT2D eigenvalue weighted by Gasteiger charge is -2.11. The molecular weight excluding hydrogens is 277 g/mol. The molecule has 0 radical (unpaired) electrons. The van der Waals surface area contributed by atoms with Gasteiger partial charge in [-0.2, -0.15) is 0 Å². The van der Waals surface area contributed by atoms with Gasteiger partial charge in [0.15, 0.2) is 18.3 Å². The summed E-state index contributed by atoms with van der Waals surface area (Å²) in [5.41, 5.74) is 5.90. The van der Waals surface area contributed by atoms with E-state index in [1.54, 1.807) is 6.07 Å². The van der Waals surface area contributed by atoms with Gasteiger partial charge in [-0.15, -0.1) is 0 Å². The minimum Gasteiger partial charge on any atom is -0.504 e. The van der Waals surface area contributed by atoms with E-state index in [0.717, 1.165) is 0 Å². The summed E-state index contributed by atoms with van der Waals surface area (Å²) < 4.78 is 9.30. The van der Waals surface area contributed by atoms with Crippen LogP contribution in [0.2, 0.25) is 0 Å². The topological polar surface area (TPSA) is 142 Å². The predicted octanol–water partition coefficient (Wildman–Crippen LogP) is -0.0890. The third kappa shape index (κ3) is 5.37. The summed E-state index contributed by atoms with van der Waals surface area (Å²) in [4.78, 5) is 27.5. The average molecular weight is 291 g/mol. The molecule has 1 atom stereocenters. The normalized spacial score (nSPS) is 12.4. The number of phenols is 1. The lowest BCUT2D eigenvalue weighted by molar-refractivity contribution is -0.138. The Labute approximate surface area is 110 Å². The Hall–Kier alpha value is -1.44. The summed E-state index contributed by atoms with van der Waals surface area (Å²) in [5.74, 6) is -1.28. The third-order valence-corrected chi connectivity index (χ3v) is 2.52. The third-order valence-electron chi connectivity index (χ3n) is 2.18. The fourth-order valence-corrected chi connectivity index (χ4v) is 1.44. The zero-order chi connectivity index (χ0) is 14.4. The van der Waals surface area contributed by atoms with Gasteiger partial charge in [0.05, 0.1) is 0 Å². The van der Waals surface area contributed by atoms with E-state index in [-0.39, 0.29) is 17.9 Å². The Morgan fingerprint density at radius 2 is 2.11 bits per heavy atom. The molecule has 0 fully saturated rings. The number of hydrogen-bond acceptors (Lipinski definition) is 7. The number of carboxylic acid groups (broad SMARTS) is 1. The highest BCUT2D eigenvalue weighted by Crippen LogP contribution is 2.29. The number of carboxylic acids is 1. The van der Waals surface area contributed by atoms with Crippen molar-refractivity contribution in [3.05, 3.63) is 23.8 Å². The first-order valence-corrected chi connectivity index (χ1v) is 6.30. The molecule has 0 aliphatic rings. The summed E-state index contributed by atoms with van der Waals surface area (Å²) in [6.45, 7) is -0.430. The molecule has 0 bridgehead atoms. The largest absolute Gasteiger partial charge is 0.504 e. The van der Waals surface area contributed by atoms with E-state index in [0.29, 0.717) is 5.56 Å². The molecule has 1 unspecified atom stereocenters. The monoisotopic (exact) mass is 291 g/mol. The van der Waals surface area contributed by atoms with Gasteiger partial charge in [-0.3, -0.25) is 9.32 Å². The Morgan fingerprint density at radius 1 is 1.42 bits per heavy atom. The van der Waals surface area contributed by atoms with E-state index in [2.05, 4.69) is 4.52 Å². The maximum atomic E-state index is 10.6. The fraction of sp³-hybridized carbons (Fsp3) is 0.300. The highest BCUT2D eigenvalue weighted by Gasteiger charge is 2.13. The zero-order valence-corrected chi connectivity index (χ0v) is 10.7. The molecule has 0 spiro atoms. The van der Waals surface area contributed by atoms with E-state index < -0.39 is 27.4 Å². The van der Waals surface area contributed by atoms with Crippen LogP contribution in [0, 0.1) is 0 Å². The van der Waals surface area contributed by atoms with Crippen LogP contribution in [0.5, 0.6) is 11.5 Å². The van der Waals surface area contributed by atoms with Crippen molar-refractivity contribution in [2.75, 3.05) is 6.79 Å². The van der Waals surface area contributed by atoms with Crippen molar-refractivity contribution in [3.63, 3.8) is 0 Å². The molecular formula is C10H14NO7P. The molecule has 8 nitrogen and oxygen atoms in total. The molecule has 106 valence electrons. The number of nitrogens with two attached hydrogens (primary N) is 1. The standard InChI is InChI=1S/C10H14NO7P/c11-7(10(13)14)3-6-1-2-9(8(12)4-6)17-5-18-19(15)16/h1-2,4,7,12,15-16H,3,5,11H2,(H,13,14). The van der Waals surface area contributed by atoms with Gasteiger partial charge in [0.1, 0.15) is 6.04 Å². The van der Waals surface area contributed by atoms with Crippen molar-refractivity contribution in [2.45, 2.75) is 12.5 Å². The molecule has 19 heavy (non-hydrogen) atoms. The van der Waals surface area contributed by atoms with Crippen LogP contribution in [-0.2, 0) is 15.7 Å². The first kappa shape index (κ1) is 15.6. The van der Waals surface area contributed by atoms with Gasteiger partial charge < -0.3 is 30.5 Å². The number of benzene rings is 1. The summed E-state index contributed by atoms with van der Waals surface area (Å²) >= 11 is 0. The van der Waals surface area contributed by atoms with Crippen LogP contribution in [0.1, 0.15) is 5.56 Å². The molecule has 9 heteroatoms. The Kier molecular flexibility index (Phi) is 5.94. The number of phenolic OH excluding ortho intramolecular Hbond substituents is 1. The van der Waals surface area contributed by atoms with Crippen molar-refractivity contribution in [1.29, 1.82) is 0 Å². The van der Waals surface area contributed by atoms with Gasteiger partial charge in [-0.1, -0.05) is 6.07 Å². The molecule has 0 aromatic heterocycles. The highest BCUT2D eigenvalue weighted by molar-refractivity contribution is 7.39. The molecule has 6 N–H and O–H groups in total. The lowest BCUT2D eigenvalue weighted by atomic mass is 10.1. The molecule has 1 rings (SSSR count). The van der Waals surface area contributed by atoms with E-state index >= 15 is 0 Å². The number of hydrogen-bond donors (Lipinski definition) is 5. The Morgan fingerprint density at radius 3 is 2.63 bits per heavy atom. The lowest BCUT2D eigenvalue weighted by Crippen LogP contribution is -2.32. The molecule has 0 amide bonds. The van der Waals surface area contributed by atoms with Gasteiger partial charge >= 0.3 is 14.6 Å². The van der Waals surface area contributed by atoms with E-state index in [1.807, 2.05) is 0 Å². The second-order valence-electron chi connectivity index (χ2n) is 3.59. The van der Waals surface area contributed by atoms with Crippen molar-refractivity contribution < 1.29 is 34.1 Å². The Balaban J connectivity index is 2.61. The molecule has 0 aliphatic heterocycles. The summed E-state index contributed by atoms with van der Waals surface area (Å²) in [7, 11) is -2.52. The molecule has 0 heterocycles. The second-order valence-corrected chi connectivity index (χ2v) is 4.36. The SMILES string of the molecule is NC(Cc1ccc(OCOP(O)O)c(O)c1)C(=O)O. The molecule has 0 saturated heterocycles. The van der Waals surface area contributed by atoms with Crippen LogP contribution in [-0.4, -0.2) is 38.8 Å². The summed E-state index contributed by atoms with van der Waals surface area (Å²) in [6.07, 6.45) is 0.0677. The van der Waals surface area contributed by atoms with Crippen molar-refractivity contribution >= 4 is 14.6 Å². The van der Waals surface area contributed by atoms with Gasteiger partial charge in [0.2, 0.25) is 0 Å². The van der Waals surface area contributed by atoms with Crippen LogP contribution in [0.15, 0.2) is 18.2 Å². The maximum absolute atomic E-state index is 10.6. The molecule has 1 aromatic carbocycles. The summed E-state index contributed by atoms with van der Waals surface area (Å²) in [6, 6.07) is 3.21. The zero-order valence-electron chi connectivity index (χ0n) is 9.76. The first-order chi connectivity index (χ1) is 8.90. The highest BCUT2D eigenvalue weighted by atomic mass is 31.2. The molecule has 1 aromatic rings. The Bertz CT molecular complexity index is 440. The number of aliphatic carboxylic acids is 1. The number of rotatable bonds is 7. The van der Waals surface area contributed by atoms with Crippen molar-refractivity contribution in [3.8, 4) is 11.5 Å². The fourth-order valence-electron chi connectivity index (χ4n) is 1.29. The van der Waals surface area contributed by atoms with Crippen LogP contribution in [0.3, 0.4) is 0 Å². The molecule has 0 saturated carbocycles. The number of aromatic hydroxyl groups is 1. The van der Waals surface area contributed by atoms with Crippen LogP contribution < -0.4 is 10.5 Å². The van der Waals surface area contributed by atoms with Crippen LogP contribution >= 0.6 is 8.60 Å². The van der Waals surface area contributed by atoms with E-state index in [9.17, 15) is 9.90 Å². The van der Waals surface area contributed by atoms with Gasteiger partial charge in [0.25, 0.3) is 0 Å². The maximum Gasteiger partial charge on any atom is 0.330 e. The average Bonchev–Trinajstić information content (AvgIpc) is 2.31. The smallest absolute Gasteiger partial charge is 0.330 e. The van der Waals surface area contributed by atoms with Gasteiger partial charge in [-0.05, 0) is 24.1 Å². The van der Waals surface area contributed by atoms with Gasteiger partial charge in [-0.25, -0.2) is 0 Å². The molecule has 0 aliphatic carbocycles. The first-order valence-electron chi connectivity index (χ1n) is 5.14. The predicted molar refractivity (Wildman–Crippen MR) is 65.4 cm³/mol. The summed E-state index contributed by atoms with van der Waals surface area (Å²) in [5, 5.41) is 18.3. The number of ether oxygens (including phenoxy) is 1. The van der Waals surface area contributed by atoms with Crippen molar-refractivity contribution in [1.82, 2.24) is 0 Å². The van der Waals surface area contributed by atoms with Crippen molar-refractivity contribution in [2.24, 2.45) is 5.73 Å². The van der Waals surface area contributed by atoms with Crippen LogP contribution in [0.25, 0.3) is 0 Å². The van der Waals surface area contributed by atoms with E-state index in [1.165, 1.54) is 12.1 Å². The second kappa shape index (κ2) is 7.22. The minimum atomic E-state index is -2.52. The minimum absolute atomic E-state index is 0.0677.